The van der Waals surface area contributed by atoms with Gasteiger partial charge in [0.1, 0.15) is 6.17 Å². The van der Waals surface area contributed by atoms with Gasteiger partial charge in [-0.15, -0.1) is 0 Å². The van der Waals surface area contributed by atoms with Gasteiger partial charge in [-0.2, -0.15) is 0 Å². The van der Waals surface area contributed by atoms with Gasteiger partial charge in [-0.05, 0) is 25.3 Å². The van der Waals surface area contributed by atoms with Gasteiger partial charge in [0, 0.05) is 45.3 Å². The molecular weight excluding hydrogens is 339 g/mol. The van der Waals surface area contributed by atoms with E-state index in [0.29, 0.717) is 12.0 Å². The molecule has 26 heavy (non-hydrogen) atoms. The lowest BCUT2D eigenvalue weighted by Crippen LogP contribution is -2.61. The molecule has 0 bridgehead atoms. The van der Waals surface area contributed by atoms with Gasteiger partial charge in [0.25, 0.3) is 0 Å². The van der Waals surface area contributed by atoms with Crippen LogP contribution in [0.4, 0.5) is 4.39 Å². The number of carbonyl (C=O) groups excluding carboxylic acids is 1. The average molecular weight is 370 g/mol. The zero-order valence-corrected chi connectivity index (χ0v) is 15.2. The van der Waals surface area contributed by atoms with E-state index in [9.17, 15) is 9.18 Å². The summed E-state index contributed by atoms with van der Waals surface area (Å²) in [7, 11) is 2.08. The Hall–Kier alpha value is -0.880. The largest absolute Gasteiger partial charge is 0.351 e. The third kappa shape index (κ3) is 3.47. The summed E-state index contributed by atoms with van der Waals surface area (Å²) in [5.74, 6) is -0.101. The highest BCUT2D eigenvalue weighted by molar-refractivity contribution is 5.80. The molecule has 9 nitrogen and oxygen atoms in total. The molecule has 7 unspecified atom stereocenters. The minimum absolute atomic E-state index is 0.0605. The van der Waals surface area contributed by atoms with Crippen LogP contribution in [0.1, 0.15) is 12.8 Å². The molecule has 7 atom stereocenters. The Labute approximate surface area is 153 Å². The molecule has 0 aromatic rings. The molecule has 0 saturated carbocycles. The van der Waals surface area contributed by atoms with Crippen LogP contribution < -0.4 is 32.5 Å². The number of piperidine rings is 1. The van der Waals surface area contributed by atoms with Crippen molar-refractivity contribution in [1.82, 2.24) is 36.8 Å². The SMILES string of the molecule is CN1NCCC1C1CCNCC1NC(=O)C1C(N)NN2CC(F)CNC12. The smallest absolute Gasteiger partial charge is 0.229 e. The van der Waals surface area contributed by atoms with E-state index in [-0.39, 0.29) is 31.2 Å². The number of nitrogens with one attached hydrogen (secondary N) is 5. The number of nitrogens with zero attached hydrogens (tertiary/aromatic N) is 2. The molecule has 0 spiro atoms. The molecule has 148 valence electrons. The van der Waals surface area contributed by atoms with E-state index in [2.05, 4.69) is 38.9 Å². The summed E-state index contributed by atoms with van der Waals surface area (Å²) in [5, 5.41) is 13.7. The zero-order chi connectivity index (χ0) is 18.3. The average Bonchev–Trinajstić information content (AvgIpc) is 3.17. The highest BCUT2D eigenvalue weighted by Crippen LogP contribution is 2.27. The first kappa shape index (κ1) is 18.5. The van der Waals surface area contributed by atoms with Crippen molar-refractivity contribution in [2.75, 3.05) is 39.8 Å². The van der Waals surface area contributed by atoms with E-state index in [1.54, 1.807) is 5.01 Å². The van der Waals surface area contributed by atoms with Crippen molar-refractivity contribution in [2.45, 2.75) is 43.4 Å². The molecule has 4 heterocycles. The number of hydrogen-bond acceptors (Lipinski definition) is 8. The number of nitrogens with two attached hydrogens (primary N) is 1. The molecule has 4 saturated heterocycles. The number of hydrogen-bond donors (Lipinski definition) is 6. The van der Waals surface area contributed by atoms with Crippen LogP contribution in [0, 0.1) is 11.8 Å². The van der Waals surface area contributed by atoms with Crippen molar-refractivity contribution in [1.29, 1.82) is 0 Å². The quantitative estimate of drug-likeness (QED) is 0.318. The van der Waals surface area contributed by atoms with Crippen LogP contribution in [-0.2, 0) is 4.79 Å². The van der Waals surface area contributed by atoms with Gasteiger partial charge in [0.2, 0.25) is 5.91 Å². The van der Waals surface area contributed by atoms with Gasteiger partial charge >= 0.3 is 0 Å². The Balaban J connectivity index is 1.42. The normalized spacial score (nSPS) is 44.8. The molecule has 7 N–H and O–H groups in total. The highest BCUT2D eigenvalue weighted by Gasteiger charge is 2.48. The number of hydrazine groups is 2. The summed E-state index contributed by atoms with van der Waals surface area (Å²) in [6, 6.07) is 0.497. The molecule has 4 fully saturated rings. The fourth-order valence-corrected chi connectivity index (χ4v) is 4.96. The zero-order valence-electron chi connectivity index (χ0n) is 15.2. The van der Waals surface area contributed by atoms with Crippen LogP contribution in [0.2, 0.25) is 0 Å². The second kappa shape index (κ2) is 7.63. The number of alkyl halides is 1. The third-order valence-electron chi connectivity index (χ3n) is 6.28. The Bertz CT molecular complexity index is 524. The van der Waals surface area contributed by atoms with Crippen LogP contribution in [-0.4, -0.2) is 86.3 Å². The summed E-state index contributed by atoms with van der Waals surface area (Å²) in [6.07, 6.45) is 0.401. The Morgan fingerprint density at radius 1 is 1.27 bits per heavy atom. The predicted octanol–water partition coefficient (Wildman–Crippen LogP) is -2.72. The standard InChI is InChI=1S/C16H31FN8O/c1-24-12(3-5-21-24)10-2-4-19-7-11(10)22-16(26)13-14(18)23-25-8-9(17)6-20-15(13)25/h9-15,19-21,23H,2-8,18H2,1H3,(H,22,26). The van der Waals surface area contributed by atoms with E-state index in [1.165, 1.54) is 0 Å². The molecule has 0 aromatic carbocycles. The molecule has 4 rings (SSSR count). The van der Waals surface area contributed by atoms with E-state index in [1.807, 2.05) is 0 Å². The molecule has 0 aromatic heterocycles. The van der Waals surface area contributed by atoms with Crippen molar-refractivity contribution in [3.8, 4) is 0 Å². The van der Waals surface area contributed by atoms with Crippen LogP contribution in [0.15, 0.2) is 0 Å². The maximum Gasteiger partial charge on any atom is 0.229 e. The van der Waals surface area contributed by atoms with E-state index < -0.39 is 18.3 Å². The van der Waals surface area contributed by atoms with Crippen molar-refractivity contribution in [3.63, 3.8) is 0 Å². The fraction of sp³-hybridized carbons (Fsp3) is 0.938. The molecular formula is C16H31FN8O. The number of halogens is 1. The number of fused-ring (bicyclic) bond motifs is 1. The van der Waals surface area contributed by atoms with Crippen molar-refractivity contribution in [2.24, 2.45) is 17.6 Å². The number of rotatable bonds is 3. The maximum absolute atomic E-state index is 13.6. The number of carbonyl (C=O) groups is 1. The summed E-state index contributed by atoms with van der Waals surface area (Å²) >= 11 is 0. The second-order valence-electron chi connectivity index (χ2n) is 7.93. The van der Waals surface area contributed by atoms with Crippen LogP contribution >= 0.6 is 0 Å². The van der Waals surface area contributed by atoms with Crippen LogP contribution in [0.25, 0.3) is 0 Å². The lowest BCUT2D eigenvalue weighted by Gasteiger charge is -2.39. The van der Waals surface area contributed by atoms with Gasteiger partial charge in [0.15, 0.2) is 0 Å². The fourth-order valence-electron chi connectivity index (χ4n) is 4.96. The Kier molecular flexibility index (Phi) is 5.42. The second-order valence-corrected chi connectivity index (χ2v) is 7.93. The summed E-state index contributed by atoms with van der Waals surface area (Å²) in [6.45, 7) is 3.23. The van der Waals surface area contributed by atoms with E-state index >= 15 is 0 Å². The minimum atomic E-state index is -0.954. The van der Waals surface area contributed by atoms with Gasteiger partial charge in [-0.1, -0.05) is 0 Å². The first-order valence-corrected chi connectivity index (χ1v) is 9.68. The van der Waals surface area contributed by atoms with Gasteiger partial charge in [-0.3, -0.25) is 15.5 Å². The monoisotopic (exact) mass is 370 g/mol. The molecule has 0 aliphatic carbocycles. The third-order valence-corrected chi connectivity index (χ3v) is 6.28. The van der Waals surface area contributed by atoms with Gasteiger partial charge in [0.05, 0.1) is 18.2 Å². The first-order valence-electron chi connectivity index (χ1n) is 9.68. The maximum atomic E-state index is 13.6. The molecule has 10 heteroatoms. The van der Waals surface area contributed by atoms with Crippen LogP contribution in [0.5, 0.6) is 0 Å². The van der Waals surface area contributed by atoms with Crippen molar-refractivity contribution >= 4 is 5.91 Å². The molecule has 0 radical (unpaired) electrons. The predicted molar refractivity (Wildman–Crippen MR) is 95.1 cm³/mol. The van der Waals surface area contributed by atoms with Gasteiger partial charge in [-0.25, -0.2) is 19.8 Å². The lowest BCUT2D eigenvalue weighted by atomic mass is 9.84. The van der Waals surface area contributed by atoms with E-state index in [4.69, 9.17) is 5.73 Å². The molecule has 4 aliphatic heterocycles. The Morgan fingerprint density at radius 2 is 2.12 bits per heavy atom. The lowest BCUT2D eigenvalue weighted by molar-refractivity contribution is -0.128. The van der Waals surface area contributed by atoms with Crippen molar-refractivity contribution < 1.29 is 9.18 Å². The summed E-state index contributed by atoms with van der Waals surface area (Å²) in [5.41, 5.74) is 12.6. The van der Waals surface area contributed by atoms with Gasteiger partial charge < -0.3 is 16.4 Å². The Morgan fingerprint density at radius 3 is 2.88 bits per heavy atom. The highest BCUT2D eigenvalue weighted by atomic mass is 19.1. The molecule has 1 amide bonds. The number of amides is 1. The molecule has 4 aliphatic rings. The van der Waals surface area contributed by atoms with E-state index in [0.717, 1.165) is 32.5 Å². The minimum Gasteiger partial charge on any atom is -0.351 e. The summed E-state index contributed by atoms with van der Waals surface area (Å²) < 4.78 is 13.6. The van der Waals surface area contributed by atoms with Crippen molar-refractivity contribution in [3.05, 3.63) is 0 Å². The first-order chi connectivity index (χ1) is 12.5. The topological polar surface area (TPSA) is 110 Å². The van der Waals surface area contributed by atoms with Crippen LogP contribution in [0.3, 0.4) is 0 Å². The summed E-state index contributed by atoms with van der Waals surface area (Å²) in [4.78, 5) is 13.1.